The van der Waals surface area contributed by atoms with Crippen molar-refractivity contribution in [2.24, 2.45) is 5.92 Å². The van der Waals surface area contributed by atoms with Gasteiger partial charge in [-0.25, -0.2) is 0 Å². The summed E-state index contributed by atoms with van der Waals surface area (Å²) in [7, 11) is 5.31. The van der Waals surface area contributed by atoms with E-state index in [-0.39, 0.29) is 12.1 Å². The van der Waals surface area contributed by atoms with Crippen LogP contribution >= 0.6 is 0 Å². The summed E-state index contributed by atoms with van der Waals surface area (Å²) in [4.78, 5) is 0. The Hall–Kier alpha value is -1.26. The Morgan fingerprint density at radius 2 is 1.90 bits per heavy atom. The highest BCUT2D eigenvalue weighted by atomic mass is 16.5. The van der Waals surface area contributed by atoms with Crippen LogP contribution in [0.1, 0.15) is 30.5 Å². The zero-order valence-electron chi connectivity index (χ0n) is 13.0. The molecule has 3 atom stereocenters. The highest BCUT2D eigenvalue weighted by molar-refractivity contribution is 5.48. The largest absolute Gasteiger partial charge is 0.493 e. The Morgan fingerprint density at radius 1 is 1.25 bits per heavy atom. The Morgan fingerprint density at radius 3 is 2.40 bits per heavy atom. The van der Waals surface area contributed by atoms with Crippen molar-refractivity contribution in [1.29, 1.82) is 0 Å². The van der Waals surface area contributed by atoms with E-state index >= 15 is 0 Å². The van der Waals surface area contributed by atoms with Gasteiger partial charge in [-0.15, -0.1) is 0 Å². The van der Waals surface area contributed by atoms with Crippen molar-refractivity contribution in [1.82, 2.24) is 5.32 Å². The Balaban J connectivity index is 2.38. The number of aryl methyl sites for hydroxylation is 1. The lowest BCUT2D eigenvalue weighted by molar-refractivity contribution is 0.0628. The second kappa shape index (κ2) is 6.46. The van der Waals surface area contributed by atoms with Crippen LogP contribution in [0.4, 0.5) is 0 Å². The normalized spacial score (nSPS) is 23.6. The van der Waals surface area contributed by atoms with Gasteiger partial charge in [0.25, 0.3) is 0 Å². The number of likely N-dealkylation sites (N-methyl/N-ethyl adjacent to an activating group) is 1. The molecule has 112 valence electrons. The Labute approximate surface area is 121 Å². The quantitative estimate of drug-likeness (QED) is 0.899. The van der Waals surface area contributed by atoms with Crippen LogP contribution < -0.4 is 14.8 Å². The predicted molar refractivity (Wildman–Crippen MR) is 79.6 cm³/mol. The van der Waals surface area contributed by atoms with Gasteiger partial charge in [-0.1, -0.05) is 6.92 Å². The molecule has 1 fully saturated rings. The third-order valence-corrected chi connectivity index (χ3v) is 4.19. The van der Waals surface area contributed by atoms with E-state index < -0.39 is 0 Å². The minimum absolute atomic E-state index is 0.173. The fourth-order valence-corrected chi connectivity index (χ4v) is 2.97. The zero-order chi connectivity index (χ0) is 14.7. The van der Waals surface area contributed by atoms with E-state index in [4.69, 9.17) is 14.2 Å². The maximum Gasteiger partial charge on any atom is 0.161 e. The van der Waals surface area contributed by atoms with Gasteiger partial charge in [0, 0.05) is 6.61 Å². The molecule has 1 aromatic rings. The number of ether oxygens (including phenoxy) is 3. The molecule has 20 heavy (non-hydrogen) atoms. The fourth-order valence-electron chi connectivity index (χ4n) is 2.97. The van der Waals surface area contributed by atoms with Crippen LogP contribution in [0.5, 0.6) is 11.5 Å². The van der Waals surface area contributed by atoms with Crippen LogP contribution in [0.2, 0.25) is 0 Å². The SMILES string of the molecule is CNC(c1cc(OC)c(OC)cc1C)C1OCCC1C. The third kappa shape index (κ3) is 2.76. The second-order valence-electron chi connectivity index (χ2n) is 5.43. The summed E-state index contributed by atoms with van der Waals surface area (Å²) in [5, 5.41) is 3.40. The van der Waals surface area contributed by atoms with Gasteiger partial charge in [0.15, 0.2) is 11.5 Å². The smallest absolute Gasteiger partial charge is 0.161 e. The topological polar surface area (TPSA) is 39.7 Å². The summed E-state index contributed by atoms with van der Waals surface area (Å²) in [5.41, 5.74) is 2.40. The molecule has 0 aromatic heterocycles. The Bertz CT molecular complexity index is 461. The second-order valence-corrected chi connectivity index (χ2v) is 5.43. The van der Waals surface area contributed by atoms with Crippen LogP contribution in [0.15, 0.2) is 12.1 Å². The molecule has 1 aliphatic heterocycles. The van der Waals surface area contributed by atoms with Crippen molar-refractivity contribution in [2.45, 2.75) is 32.4 Å². The summed E-state index contributed by atoms with van der Waals surface area (Å²) in [6.45, 7) is 5.19. The number of hydrogen-bond acceptors (Lipinski definition) is 4. The van der Waals surface area contributed by atoms with Crippen molar-refractivity contribution in [3.63, 3.8) is 0 Å². The van der Waals surface area contributed by atoms with Crippen LogP contribution in [-0.2, 0) is 4.74 Å². The maximum atomic E-state index is 5.92. The van der Waals surface area contributed by atoms with E-state index in [2.05, 4.69) is 25.2 Å². The van der Waals surface area contributed by atoms with E-state index in [9.17, 15) is 0 Å². The fraction of sp³-hybridized carbons (Fsp3) is 0.625. The first kappa shape index (κ1) is 15.1. The number of hydrogen-bond donors (Lipinski definition) is 1. The van der Waals surface area contributed by atoms with Crippen LogP contribution in [-0.4, -0.2) is 34.0 Å². The monoisotopic (exact) mass is 279 g/mol. The van der Waals surface area contributed by atoms with Gasteiger partial charge in [-0.2, -0.15) is 0 Å². The molecule has 1 aliphatic rings. The van der Waals surface area contributed by atoms with Gasteiger partial charge < -0.3 is 19.5 Å². The molecular formula is C16H25NO3. The first-order chi connectivity index (χ1) is 9.62. The van der Waals surface area contributed by atoms with Crippen molar-refractivity contribution in [3.8, 4) is 11.5 Å². The molecule has 1 aromatic carbocycles. The van der Waals surface area contributed by atoms with E-state index in [1.807, 2.05) is 13.1 Å². The number of methoxy groups -OCH3 is 2. The van der Waals surface area contributed by atoms with Gasteiger partial charge in [0.05, 0.1) is 26.4 Å². The van der Waals surface area contributed by atoms with Crippen LogP contribution in [0.3, 0.4) is 0 Å². The standard InChI is InChI=1S/C16H25NO3/c1-10-6-7-20-16(10)15(17-3)12-9-14(19-5)13(18-4)8-11(12)2/h8-10,15-17H,6-7H2,1-5H3. The number of benzene rings is 1. The number of rotatable bonds is 5. The summed E-state index contributed by atoms with van der Waals surface area (Å²) < 4.78 is 16.7. The van der Waals surface area contributed by atoms with Gasteiger partial charge in [-0.05, 0) is 49.6 Å². The van der Waals surface area contributed by atoms with Crippen molar-refractivity contribution in [2.75, 3.05) is 27.9 Å². The van der Waals surface area contributed by atoms with Crippen LogP contribution in [0.25, 0.3) is 0 Å². The number of nitrogens with one attached hydrogen (secondary N) is 1. The molecule has 1 saturated heterocycles. The highest BCUT2D eigenvalue weighted by Crippen LogP contribution is 2.37. The van der Waals surface area contributed by atoms with E-state index in [1.54, 1.807) is 14.2 Å². The van der Waals surface area contributed by atoms with Crippen LogP contribution in [0, 0.1) is 12.8 Å². The third-order valence-electron chi connectivity index (χ3n) is 4.19. The predicted octanol–water partition coefficient (Wildman–Crippen LogP) is 2.70. The zero-order valence-corrected chi connectivity index (χ0v) is 13.0. The van der Waals surface area contributed by atoms with E-state index in [0.717, 1.165) is 24.5 Å². The van der Waals surface area contributed by atoms with Gasteiger partial charge >= 0.3 is 0 Å². The van der Waals surface area contributed by atoms with Gasteiger partial charge in [0.1, 0.15) is 0 Å². The molecule has 2 rings (SSSR count). The van der Waals surface area contributed by atoms with E-state index in [0.29, 0.717) is 5.92 Å². The van der Waals surface area contributed by atoms with Gasteiger partial charge in [0.2, 0.25) is 0 Å². The average molecular weight is 279 g/mol. The summed E-state index contributed by atoms with van der Waals surface area (Å²) in [6.07, 6.45) is 1.33. The average Bonchev–Trinajstić information content (AvgIpc) is 2.87. The van der Waals surface area contributed by atoms with Crippen molar-refractivity contribution >= 4 is 0 Å². The summed E-state index contributed by atoms with van der Waals surface area (Å²) in [5.74, 6) is 2.09. The van der Waals surface area contributed by atoms with Crippen molar-refractivity contribution < 1.29 is 14.2 Å². The molecule has 0 bridgehead atoms. The molecule has 4 heteroatoms. The molecular weight excluding hydrogens is 254 g/mol. The van der Waals surface area contributed by atoms with E-state index in [1.165, 1.54) is 11.1 Å². The first-order valence-corrected chi connectivity index (χ1v) is 7.13. The highest BCUT2D eigenvalue weighted by Gasteiger charge is 2.33. The lowest BCUT2D eigenvalue weighted by Gasteiger charge is -2.28. The molecule has 0 radical (unpaired) electrons. The first-order valence-electron chi connectivity index (χ1n) is 7.13. The minimum Gasteiger partial charge on any atom is -0.493 e. The van der Waals surface area contributed by atoms with Gasteiger partial charge in [-0.3, -0.25) is 0 Å². The minimum atomic E-state index is 0.173. The molecule has 0 amide bonds. The Kier molecular flexibility index (Phi) is 4.89. The molecule has 0 saturated carbocycles. The lowest BCUT2D eigenvalue weighted by atomic mass is 9.90. The molecule has 1 heterocycles. The lowest BCUT2D eigenvalue weighted by Crippen LogP contribution is -2.33. The summed E-state index contributed by atoms with van der Waals surface area (Å²) in [6, 6.07) is 4.26. The summed E-state index contributed by atoms with van der Waals surface area (Å²) >= 11 is 0. The molecule has 4 nitrogen and oxygen atoms in total. The molecule has 3 unspecified atom stereocenters. The maximum absolute atomic E-state index is 5.92. The van der Waals surface area contributed by atoms with Crippen molar-refractivity contribution in [3.05, 3.63) is 23.3 Å². The molecule has 0 aliphatic carbocycles. The molecule has 1 N–H and O–H groups in total. The molecule has 0 spiro atoms.